The molecule has 0 unspecified atom stereocenters. The predicted octanol–water partition coefficient (Wildman–Crippen LogP) is 2.87. The van der Waals surface area contributed by atoms with Crippen LogP contribution >= 0.6 is 0 Å². The van der Waals surface area contributed by atoms with Crippen molar-refractivity contribution in [2.24, 2.45) is 0 Å². The minimum atomic E-state index is -0.634. The Morgan fingerprint density at radius 1 is 0.824 bits per heavy atom. The number of rotatable bonds is 5. The topological polar surface area (TPSA) is 0 Å². The zero-order chi connectivity index (χ0) is 11.9. The van der Waals surface area contributed by atoms with Crippen molar-refractivity contribution in [3.63, 3.8) is 0 Å². The highest BCUT2D eigenvalue weighted by atomic mass is 28.3. The van der Waals surface area contributed by atoms with E-state index in [0.29, 0.717) is 0 Å². The molecule has 17 heavy (non-hydrogen) atoms. The Morgan fingerprint density at radius 3 is 1.71 bits per heavy atom. The lowest BCUT2D eigenvalue weighted by molar-refractivity contribution is 1.20. The average molecular weight is 237 g/mol. The highest BCUT2D eigenvalue weighted by molar-refractivity contribution is 6.85. The van der Waals surface area contributed by atoms with Gasteiger partial charge in [-0.05, 0) is 12.5 Å². The third-order valence-electron chi connectivity index (χ3n) is 2.84. The zero-order valence-corrected chi connectivity index (χ0v) is 11.0. The van der Waals surface area contributed by atoms with Crippen molar-refractivity contribution in [2.45, 2.75) is 12.5 Å². The van der Waals surface area contributed by atoms with Gasteiger partial charge < -0.3 is 0 Å². The second-order valence-electron chi connectivity index (χ2n) is 4.04. The third kappa shape index (κ3) is 3.18. The summed E-state index contributed by atoms with van der Waals surface area (Å²) < 4.78 is 0. The van der Waals surface area contributed by atoms with E-state index in [0.717, 1.165) is 6.42 Å². The van der Waals surface area contributed by atoms with Crippen LogP contribution in [0.1, 0.15) is 6.42 Å². The lowest BCUT2D eigenvalue weighted by Crippen LogP contribution is -2.41. The Hall–Kier alpha value is -1.60. The van der Waals surface area contributed by atoms with Gasteiger partial charge in [0.2, 0.25) is 0 Å². The Labute approximate surface area is 105 Å². The van der Waals surface area contributed by atoms with Crippen LogP contribution in [0.3, 0.4) is 0 Å². The van der Waals surface area contributed by atoms with Gasteiger partial charge in [0.15, 0.2) is 0 Å². The Kier molecular flexibility index (Phi) is 4.34. The standard InChI is InChI=1S/C16H17Si/c1-2-3-14-17(15-10-6-4-7-11-15)16-12-8-5-9-13-16/h2,4-13H,1,3,14H2. The first-order valence-corrected chi connectivity index (χ1v) is 7.70. The molecule has 0 aliphatic carbocycles. The second-order valence-corrected chi connectivity index (χ2v) is 6.65. The summed E-state index contributed by atoms with van der Waals surface area (Å²) in [6.45, 7) is 3.84. The fourth-order valence-electron chi connectivity index (χ4n) is 1.98. The lowest BCUT2D eigenvalue weighted by atomic mass is 10.4. The highest BCUT2D eigenvalue weighted by Crippen LogP contribution is 2.01. The van der Waals surface area contributed by atoms with E-state index in [1.54, 1.807) is 0 Å². The fraction of sp³-hybridized carbons (Fsp3) is 0.125. The SMILES string of the molecule is C=CCC[Si](c1ccccc1)c1ccccc1. The van der Waals surface area contributed by atoms with Crippen LogP contribution in [0.25, 0.3) is 0 Å². The first kappa shape index (κ1) is 11.9. The normalized spacial score (nSPS) is 10.4. The Bertz CT molecular complexity index is 408. The van der Waals surface area contributed by atoms with Gasteiger partial charge in [-0.25, -0.2) is 0 Å². The van der Waals surface area contributed by atoms with Crippen LogP contribution in [0.4, 0.5) is 0 Å². The van der Waals surface area contributed by atoms with E-state index in [2.05, 4.69) is 67.2 Å². The first-order valence-electron chi connectivity index (χ1n) is 5.99. The molecule has 0 aliphatic rings. The minimum Gasteiger partial charge on any atom is -0.103 e. The molecule has 0 aliphatic heterocycles. The van der Waals surface area contributed by atoms with Crippen molar-refractivity contribution < 1.29 is 0 Å². The molecule has 0 nitrogen and oxygen atoms in total. The molecular formula is C16H17Si. The maximum Gasteiger partial charge on any atom is 0.121 e. The molecule has 0 saturated heterocycles. The molecule has 2 aromatic rings. The number of allylic oxidation sites excluding steroid dienone is 1. The van der Waals surface area contributed by atoms with Crippen molar-refractivity contribution >= 4 is 19.2 Å². The highest BCUT2D eigenvalue weighted by Gasteiger charge is 2.14. The van der Waals surface area contributed by atoms with Gasteiger partial charge in [-0.15, -0.1) is 6.58 Å². The smallest absolute Gasteiger partial charge is 0.103 e. The summed E-state index contributed by atoms with van der Waals surface area (Å²) in [5.41, 5.74) is 0. The summed E-state index contributed by atoms with van der Waals surface area (Å²) in [4.78, 5) is 0. The molecule has 0 atom stereocenters. The fourth-order valence-corrected chi connectivity index (χ4v) is 4.57. The number of benzene rings is 2. The van der Waals surface area contributed by atoms with Crippen LogP contribution in [0.2, 0.25) is 6.04 Å². The molecule has 1 heteroatoms. The summed E-state index contributed by atoms with van der Waals surface area (Å²) in [5, 5.41) is 2.98. The number of hydrogen-bond donors (Lipinski definition) is 0. The van der Waals surface area contributed by atoms with Crippen LogP contribution in [0, 0.1) is 0 Å². The van der Waals surface area contributed by atoms with Gasteiger partial charge in [0.1, 0.15) is 8.80 Å². The summed E-state index contributed by atoms with van der Waals surface area (Å²) in [7, 11) is -0.634. The van der Waals surface area contributed by atoms with Gasteiger partial charge in [0.25, 0.3) is 0 Å². The molecule has 0 fully saturated rings. The maximum absolute atomic E-state index is 3.84. The minimum absolute atomic E-state index is 0.634. The molecular weight excluding hydrogens is 220 g/mol. The average Bonchev–Trinajstić information content (AvgIpc) is 2.42. The monoisotopic (exact) mass is 237 g/mol. The molecule has 0 saturated carbocycles. The quantitative estimate of drug-likeness (QED) is 0.554. The largest absolute Gasteiger partial charge is 0.121 e. The van der Waals surface area contributed by atoms with E-state index in [1.807, 2.05) is 6.08 Å². The molecule has 0 amide bonds. The van der Waals surface area contributed by atoms with E-state index >= 15 is 0 Å². The van der Waals surface area contributed by atoms with Crippen LogP contribution < -0.4 is 10.4 Å². The van der Waals surface area contributed by atoms with Gasteiger partial charge in [-0.1, -0.05) is 77.1 Å². The molecule has 0 bridgehead atoms. The summed E-state index contributed by atoms with van der Waals surface area (Å²) >= 11 is 0. The van der Waals surface area contributed by atoms with Crippen molar-refractivity contribution in [3.05, 3.63) is 73.3 Å². The van der Waals surface area contributed by atoms with Crippen LogP contribution in [0.5, 0.6) is 0 Å². The zero-order valence-electron chi connectivity index (χ0n) is 9.97. The molecule has 85 valence electrons. The van der Waals surface area contributed by atoms with E-state index in [-0.39, 0.29) is 0 Å². The Balaban J connectivity index is 2.29. The van der Waals surface area contributed by atoms with Crippen molar-refractivity contribution in [2.75, 3.05) is 0 Å². The third-order valence-corrected chi connectivity index (χ3v) is 5.69. The van der Waals surface area contributed by atoms with Crippen molar-refractivity contribution in [1.29, 1.82) is 0 Å². The second kappa shape index (κ2) is 6.21. The predicted molar refractivity (Wildman–Crippen MR) is 77.5 cm³/mol. The van der Waals surface area contributed by atoms with E-state index in [1.165, 1.54) is 16.4 Å². The van der Waals surface area contributed by atoms with Gasteiger partial charge in [-0.3, -0.25) is 0 Å². The number of hydrogen-bond acceptors (Lipinski definition) is 0. The van der Waals surface area contributed by atoms with Crippen LogP contribution in [-0.4, -0.2) is 8.80 Å². The van der Waals surface area contributed by atoms with E-state index < -0.39 is 8.80 Å². The summed E-state index contributed by atoms with van der Waals surface area (Å²) in [6, 6.07) is 23.0. The van der Waals surface area contributed by atoms with Gasteiger partial charge >= 0.3 is 0 Å². The van der Waals surface area contributed by atoms with Crippen molar-refractivity contribution in [1.82, 2.24) is 0 Å². The molecule has 0 aromatic heterocycles. The molecule has 2 rings (SSSR count). The van der Waals surface area contributed by atoms with Crippen LogP contribution in [0.15, 0.2) is 73.3 Å². The van der Waals surface area contributed by atoms with Gasteiger partial charge in [-0.2, -0.15) is 0 Å². The van der Waals surface area contributed by atoms with Crippen molar-refractivity contribution in [3.8, 4) is 0 Å². The summed E-state index contributed by atoms with van der Waals surface area (Å²) in [5.74, 6) is 0. The molecule has 0 heterocycles. The summed E-state index contributed by atoms with van der Waals surface area (Å²) in [6.07, 6.45) is 3.12. The molecule has 2 aromatic carbocycles. The van der Waals surface area contributed by atoms with Crippen LogP contribution in [-0.2, 0) is 0 Å². The van der Waals surface area contributed by atoms with Gasteiger partial charge in [0.05, 0.1) is 0 Å². The van der Waals surface area contributed by atoms with E-state index in [9.17, 15) is 0 Å². The first-order chi connectivity index (χ1) is 8.42. The molecule has 1 radical (unpaired) electrons. The molecule has 0 N–H and O–H groups in total. The maximum atomic E-state index is 3.84. The lowest BCUT2D eigenvalue weighted by Gasteiger charge is -2.14. The Morgan fingerprint density at radius 2 is 1.29 bits per heavy atom. The molecule has 0 spiro atoms. The van der Waals surface area contributed by atoms with E-state index in [4.69, 9.17) is 0 Å². The van der Waals surface area contributed by atoms with Gasteiger partial charge in [0, 0.05) is 0 Å².